The van der Waals surface area contributed by atoms with E-state index in [1.807, 2.05) is 0 Å². The second-order valence-electron chi connectivity index (χ2n) is 16.3. The Morgan fingerprint density at radius 2 is 0.938 bits per heavy atom. The number of rotatable bonds is 2. The molecule has 0 bridgehead atoms. The average molecular weight is 846 g/mol. The van der Waals surface area contributed by atoms with Crippen LogP contribution in [0.3, 0.4) is 0 Å². The minimum atomic E-state index is -1.78. The summed E-state index contributed by atoms with van der Waals surface area (Å²) in [4.78, 5) is 0. The van der Waals surface area contributed by atoms with Gasteiger partial charge in [-0.05, 0) is 203 Å². The van der Waals surface area contributed by atoms with Crippen LogP contribution in [0.5, 0.6) is 0 Å². The molecule has 0 spiro atoms. The van der Waals surface area contributed by atoms with Crippen molar-refractivity contribution in [3.63, 3.8) is 0 Å². The summed E-state index contributed by atoms with van der Waals surface area (Å²) in [6.07, 6.45) is 24.1. The lowest BCUT2D eigenvalue weighted by molar-refractivity contribution is 0.681. The quantitative estimate of drug-likeness (QED) is 0.226. The first-order valence-electron chi connectivity index (χ1n) is 18.6. The van der Waals surface area contributed by atoms with Crippen LogP contribution in [0.25, 0.3) is 18.2 Å². The van der Waals surface area contributed by atoms with Crippen molar-refractivity contribution in [3.05, 3.63) is 115 Å². The predicted molar refractivity (Wildman–Crippen MR) is 220 cm³/mol. The molecule has 0 nitrogen and oxygen atoms in total. The summed E-state index contributed by atoms with van der Waals surface area (Å²) in [7, 11) is -1.78. The highest BCUT2D eigenvalue weighted by Gasteiger charge is 2.48. The summed E-state index contributed by atoms with van der Waals surface area (Å²) in [6.45, 7) is 12.4. The van der Waals surface area contributed by atoms with Crippen molar-refractivity contribution in [2.75, 3.05) is 0 Å². The molecule has 3 aromatic carbocycles. The van der Waals surface area contributed by atoms with Crippen LogP contribution in [0.15, 0.2) is 48.3 Å². The van der Waals surface area contributed by atoms with Gasteiger partial charge in [-0.2, -0.15) is 0 Å². The van der Waals surface area contributed by atoms with E-state index in [0.29, 0.717) is 11.1 Å². The van der Waals surface area contributed by atoms with Crippen molar-refractivity contribution < 1.29 is 0 Å². The van der Waals surface area contributed by atoms with Crippen LogP contribution in [-0.2, 0) is 44.9 Å². The van der Waals surface area contributed by atoms with E-state index in [2.05, 4.69) is 118 Å². The Balaban J connectivity index is 0.000000186. The number of fused-ring (bicyclic) bond motifs is 6. The van der Waals surface area contributed by atoms with Crippen molar-refractivity contribution in [1.82, 2.24) is 0 Å². The Hall–Kier alpha value is -1.46. The van der Waals surface area contributed by atoms with Crippen molar-refractivity contribution in [3.8, 4) is 0 Å². The number of hydrogen-bond acceptors (Lipinski definition) is 0. The van der Waals surface area contributed by atoms with Gasteiger partial charge in [0.1, 0.15) is 0 Å². The second-order valence-corrected chi connectivity index (χ2v) is 23.5. The Kier molecular flexibility index (Phi) is 9.08. The van der Waals surface area contributed by atoms with Gasteiger partial charge in [0.25, 0.3) is 0 Å². The average Bonchev–Trinajstić information content (AvgIpc) is 3.73. The van der Waals surface area contributed by atoms with Gasteiger partial charge in [-0.3, -0.25) is 0 Å². The number of halogens is 3. The van der Waals surface area contributed by atoms with Crippen LogP contribution < -0.4 is 0 Å². The lowest BCUT2D eigenvalue weighted by Gasteiger charge is -2.39. The zero-order valence-corrected chi connectivity index (χ0v) is 35.2. The Morgan fingerprint density at radius 3 is 1.42 bits per heavy atom. The predicted octanol–water partition coefficient (Wildman–Crippen LogP) is 13.7. The summed E-state index contributed by atoms with van der Waals surface area (Å²) in [5.41, 5.74) is 24.6. The molecule has 0 aliphatic heterocycles. The van der Waals surface area contributed by atoms with Gasteiger partial charge in [0.15, 0.2) is 0 Å². The van der Waals surface area contributed by atoms with E-state index < -0.39 is 8.07 Å². The fraction of sp³-hybridized carbons (Fsp3) is 0.455. The summed E-state index contributed by atoms with van der Waals surface area (Å²) in [6, 6.07) is 7.67. The zero-order valence-electron chi connectivity index (χ0n) is 29.4. The molecular formula is C44H49Br3Si. The van der Waals surface area contributed by atoms with Crippen LogP contribution >= 0.6 is 47.8 Å². The Bertz CT molecular complexity index is 1860. The monoisotopic (exact) mass is 842 g/mol. The van der Waals surface area contributed by atoms with Gasteiger partial charge >= 0.3 is 0 Å². The fourth-order valence-corrected chi connectivity index (χ4v) is 18.0. The molecule has 6 aliphatic carbocycles. The molecular weight excluding hydrogens is 796 g/mol. The van der Waals surface area contributed by atoms with Crippen LogP contribution in [0.4, 0.5) is 0 Å². The maximum absolute atomic E-state index is 4.06. The molecule has 0 aromatic heterocycles. The van der Waals surface area contributed by atoms with Gasteiger partial charge in [0.2, 0.25) is 0 Å². The third-order valence-corrected chi connectivity index (χ3v) is 19.9. The SMILES string of the molecule is CC1=Cc2c(cc3c(c2Br)CCCC3)C1[Si](C)(C)C1C(C)=Cc2c1cc1c(c2Br)CCCC1.CC1=Cc2cc3c(c(Br)c2C1)CCCC3. The first kappa shape index (κ1) is 33.7. The Labute approximate surface area is 315 Å². The summed E-state index contributed by atoms with van der Waals surface area (Å²) in [5, 5.41) is 0. The highest BCUT2D eigenvalue weighted by Crippen LogP contribution is 2.55. The van der Waals surface area contributed by atoms with Gasteiger partial charge in [-0.25, -0.2) is 0 Å². The van der Waals surface area contributed by atoms with Gasteiger partial charge in [0.05, 0.1) is 8.07 Å². The minimum absolute atomic E-state index is 0.588. The van der Waals surface area contributed by atoms with Crippen molar-refractivity contribution >= 4 is 74.1 Å². The number of aryl methyl sites for hydroxylation is 3. The van der Waals surface area contributed by atoms with E-state index in [0.717, 1.165) is 6.42 Å². The molecule has 0 radical (unpaired) electrons. The van der Waals surface area contributed by atoms with E-state index in [9.17, 15) is 0 Å². The van der Waals surface area contributed by atoms with E-state index in [1.165, 1.54) is 118 Å². The summed E-state index contributed by atoms with van der Waals surface area (Å²) < 4.78 is 4.21. The molecule has 0 saturated carbocycles. The van der Waals surface area contributed by atoms with E-state index in [4.69, 9.17) is 0 Å². The van der Waals surface area contributed by atoms with Crippen LogP contribution in [0.1, 0.15) is 137 Å². The Morgan fingerprint density at radius 1 is 0.521 bits per heavy atom. The third kappa shape index (κ3) is 5.53. The smallest absolute Gasteiger partial charge is 0.0683 e. The van der Waals surface area contributed by atoms with Gasteiger partial charge in [-0.1, -0.05) is 82.2 Å². The third-order valence-electron chi connectivity index (χ3n) is 12.6. The van der Waals surface area contributed by atoms with Gasteiger partial charge < -0.3 is 0 Å². The lowest BCUT2D eigenvalue weighted by Crippen LogP contribution is -2.42. The molecule has 6 aliphatic rings. The molecule has 250 valence electrons. The molecule has 48 heavy (non-hydrogen) atoms. The summed E-state index contributed by atoms with van der Waals surface area (Å²) in [5.74, 6) is 0. The minimum Gasteiger partial charge on any atom is -0.0683 e. The molecule has 0 fully saturated rings. The highest BCUT2D eigenvalue weighted by molar-refractivity contribution is 9.11. The first-order chi connectivity index (χ1) is 23.0. The van der Waals surface area contributed by atoms with E-state index in [-0.39, 0.29) is 0 Å². The zero-order chi connectivity index (χ0) is 33.5. The van der Waals surface area contributed by atoms with E-state index >= 15 is 0 Å². The standard InChI is InChI=1S/C30H34Br2Si.C14H15Br/c1-17-13-23-25(15-19-9-5-7-11-21(19)27(23)31)29(17)33(3,4)30-18(2)14-24-26(30)16-20-10-6-8-12-22(20)28(24)32;1-9-6-11-8-10-4-2-3-5-12(10)14(15)13(11)7-9/h13-16,29-30H,5-12H2,1-4H3;6,8H,2-5,7H2,1H3. The molecule has 0 saturated heterocycles. The molecule has 0 N–H and O–H groups in total. The van der Waals surface area contributed by atoms with E-state index in [1.54, 1.807) is 55.7 Å². The second kappa shape index (κ2) is 12.9. The highest BCUT2D eigenvalue weighted by atomic mass is 79.9. The lowest BCUT2D eigenvalue weighted by atomic mass is 9.88. The van der Waals surface area contributed by atoms with Crippen LogP contribution in [-0.4, -0.2) is 8.07 Å². The molecule has 2 atom stereocenters. The van der Waals surface area contributed by atoms with Gasteiger partial charge in [0, 0.05) is 24.5 Å². The maximum Gasteiger partial charge on any atom is 0.0722 e. The van der Waals surface area contributed by atoms with Gasteiger partial charge in [-0.15, -0.1) is 0 Å². The normalized spacial score (nSPS) is 21.9. The first-order valence-corrected chi connectivity index (χ1v) is 24.1. The molecule has 4 heteroatoms. The molecule has 0 heterocycles. The van der Waals surface area contributed by atoms with Crippen LogP contribution in [0.2, 0.25) is 13.1 Å². The maximum atomic E-state index is 4.06. The van der Waals surface area contributed by atoms with Crippen molar-refractivity contribution in [1.29, 1.82) is 0 Å². The molecule has 0 amide bonds. The summed E-state index contributed by atoms with van der Waals surface area (Å²) >= 11 is 11.9. The number of benzene rings is 3. The number of allylic oxidation sites excluding steroid dienone is 3. The fourth-order valence-electron chi connectivity index (χ4n) is 10.6. The largest absolute Gasteiger partial charge is 0.0722 e. The number of hydrogen-bond donors (Lipinski definition) is 0. The molecule has 9 rings (SSSR count). The van der Waals surface area contributed by atoms with Crippen molar-refractivity contribution in [2.24, 2.45) is 0 Å². The van der Waals surface area contributed by atoms with Crippen LogP contribution in [0, 0.1) is 0 Å². The molecule has 3 aromatic rings. The van der Waals surface area contributed by atoms with Crippen molar-refractivity contribution in [2.45, 2.75) is 128 Å². The topological polar surface area (TPSA) is 0 Å². The molecule has 2 unspecified atom stereocenters.